The Balaban J connectivity index is 1.87. The number of anilines is 1. The predicted octanol–water partition coefficient (Wildman–Crippen LogP) is 3.44. The molecule has 0 unspecified atom stereocenters. The Morgan fingerprint density at radius 2 is 1.73 bits per heavy atom. The maximum absolute atomic E-state index is 13.4. The lowest BCUT2D eigenvalue weighted by atomic mass is 10.1. The summed E-state index contributed by atoms with van der Waals surface area (Å²) < 4.78 is 18.4. The molecule has 2 aromatic carbocycles. The maximum atomic E-state index is 13.4. The fourth-order valence-electron chi connectivity index (χ4n) is 1.92. The fourth-order valence-corrected chi connectivity index (χ4v) is 1.92. The van der Waals surface area contributed by atoms with Crippen LogP contribution in [0.2, 0.25) is 0 Å². The van der Waals surface area contributed by atoms with Gasteiger partial charge in [-0.15, -0.1) is 0 Å². The van der Waals surface area contributed by atoms with E-state index in [0.717, 1.165) is 0 Å². The first-order chi connectivity index (χ1) is 10.6. The van der Waals surface area contributed by atoms with Gasteiger partial charge in [0.2, 0.25) is 5.91 Å². The van der Waals surface area contributed by atoms with Crippen LogP contribution in [0.5, 0.6) is 5.75 Å². The van der Waals surface area contributed by atoms with E-state index in [1.54, 1.807) is 37.4 Å². The molecule has 0 saturated heterocycles. The number of ether oxygens (including phenoxy) is 1. The minimum atomic E-state index is -0.502. The predicted molar refractivity (Wildman–Crippen MR) is 81.6 cm³/mol. The van der Waals surface area contributed by atoms with Gasteiger partial charge < -0.3 is 10.1 Å². The maximum Gasteiger partial charge on any atom is 0.224 e. The number of rotatable bonds is 6. The summed E-state index contributed by atoms with van der Waals surface area (Å²) in [4.78, 5) is 23.7. The van der Waals surface area contributed by atoms with Crippen LogP contribution in [0.4, 0.5) is 10.1 Å². The van der Waals surface area contributed by atoms with Crippen molar-refractivity contribution in [3.05, 3.63) is 59.9 Å². The van der Waals surface area contributed by atoms with E-state index in [1.165, 1.54) is 18.2 Å². The molecule has 5 heteroatoms. The van der Waals surface area contributed by atoms with E-state index < -0.39 is 11.7 Å². The first-order valence-corrected chi connectivity index (χ1v) is 6.82. The number of methoxy groups -OCH3 is 1. The number of halogens is 1. The minimum Gasteiger partial charge on any atom is -0.497 e. The van der Waals surface area contributed by atoms with Crippen molar-refractivity contribution in [1.29, 1.82) is 0 Å². The molecule has 0 fully saturated rings. The summed E-state index contributed by atoms with van der Waals surface area (Å²) in [6.07, 6.45) is 0.0613. The number of hydrogen-bond donors (Lipinski definition) is 1. The molecule has 1 N–H and O–H groups in total. The molecule has 0 bridgehead atoms. The summed E-state index contributed by atoms with van der Waals surface area (Å²) in [7, 11) is 1.55. The largest absolute Gasteiger partial charge is 0.497 e. The number of para-hydroxylation sites is 1. The smallest absolute Gasteiger partial charge is 0.224 e. The molecule has 114 valence electrons. The van der Waals surface area contributed by atoms with Crippen molar-refractivity contribution >= 4 is 17.4 Å². The van der Waals surface area contributed by atoms with Gasteiger partial charge in [-0.05, 0) is 36.4 Å². The van der Waals surface area contributed by atoms with Crippen molar-refractivity contribution in [2.24, 2.45) is 0 Å². The molecule has 0 aromatic heterocycles. The molecule has 4 nitrogen and oxygen atoms in total. The molecule has 0 heterocycles. The highest BCUT2D eigenvalue weighted by Crippen LogP contribution is 2.15. The van der Waals surface area contributed by atoms with E-state index in [-0.39, 0.29) is 24.3 Å². The van der Waals surface area contributed by atoms with Gasteiger partial charge in [-0.2, -0.15) is 0 Å². The summed E-state index contributed by atoms with van der Waals surface area (Å²) in [5.41, 5.74) is 0.629. The molecule has 0 aliphatic rings. The fraction of sp³-hybridized carbons (Fsp3) is 0.176. The van der Waals surface area contributed by atoms with Crippen LogP contribution in [-0.4, -0.2) is 18.8 Å². The Morgan fingerprint density at radius 3 is 2.36 bits per heavy atom. The molecule has 1 amide bonds. The highest BCUT2D eigenvalue weighted by Gasteiger charge is 2.11. The standard InChI is InChI=1S/C17H16FNO3/c1-22-13-8-6-12(7-9-13)16(20)10-11-17(21)19-15-5-3-2-4-14(15)18/h2-9H,10-11H2,1H3,(H,19,21). The van der Waals surface area contributed by atoms with E-state index in [1.807, 2.05) is 0 Å². The number of carbonyl (C=O) groups excluding carboxylic acids is 2. The second kappa shape index (κ2) is 7.36. The molecule has 0 aliphatic heterocycles. The zero-order valence-electron chi connectivity index (χ0n) is 12.1. The number of Topliss-reactive ketones (excluding diaryl/α,β-unsaturated/α-hetero) is 1. The first-order valence-electron chi connectivity index (χ1n) is 6.82. The quantitative estimate of drug-likeness (QED) is 0.832. The lowest BCUT2D eigenvalue weighted by Crippen LogP contribution is -2.14. The number of nitrogens with one attached hydrogen (secondary N) is 1. The second-order valence-electron chi connectivity index (χ2n) is 4.68. The van der Waals surface area contributed by atoms with E-state index >= 15 is 0 Å². The number of amides is 1. The van der Waals surface area contributed by atoms with E-state index in [9.17, 15) is 14.0 Å². The third-order valence-electron chi connectivity index (χ3n) is 3.14. The number of carbonyl (C=O) groups is 2. The zero-order valence-corrected chi connectivity index (χ0v) is 12.1. The number of hydrogen-bond acceptors (Lipinski definition) is 3. The van der Waals surface area contributed by atoms with E-state index in [0.29, 0.717) is 11.3 Å². The van der Waals surface area contributed by atoms with Gasteiger partial charge in [0.1, 0.15) is 11.6 Å². The van der Waals surface area contributed by atoms with Crippen LogP contribution in [0.1, 0.15) is 23.2 Å². The van der Waals surface area contributed by atoms with Crippen molar-refractivity contribution in [2.45, 2.75) is 12.8 Å². The van der Waals surface area contributed by atoms with Gasteiger partial charge >= 0.3 is 0 Å². The number of benzene rings is 2. The first kappa shape index (κ1) is 15.7. The Kier molecular flexibility index (Phi) is 5.25. The average molecular weight is 301 g/mol. The van der Waals surface area contributed by atoms with E-state index in [4.69, 9.17) is 4.74 Å². The summed E-state index contributed by atoms with van der Waals surface area (Å²) in [6, 6.07) is 12.6. The Bertz CT molecular complexity index is 668. The normalized spacial score (nSPS) is 10.1. The highest BCUT2D eigenvalue weighted by atomic mass is 19.1. The van der Waals surface area contributed by atoms with Crippen molar-refractivity contribution in [1.82, 2.24) is 0 Å². The molecule has 0 spiro atoms. The Morgan fingerprint density at radius 1 is 1.05 bits per heavy atom. The summed E-state index contributed by atoms with van der Waals surface area (Å²) in [5.74, 6) is -0.385. The molecule has 0 atom stereocenters. The van der Waals surface area contributed by atoms with Crippen LogP contribution >= 0.6 is 0 Å². The second-order valence-corrected chi connectivity index (χ2v) is 4.68. The van der Waals surface area contributed by atoms with Gasteiger partial charge in [0.05, 0.1) is 12.8 Å². The van der Waals surface area contributed by atoms with Crippen molar-refractivity contribution in [2.75, 3.05) is 12.4 Å². The summed E-state index contributed by atoms with van der Waals surface area (Å²) >= 11 is 0. The molecule has 2 rings (SSSR count). The van der Waals surface area contributed by atoms with Crippen LogP contribution in [0.15, 0.2) is 48.5 Å². The van der Waals surface area contributed by atoms with Crippen LogP contribution in [0.3, 0.4) is 0 Å². The van der Waals surface area contributed by atoms with Gasteiger partial charge in [0.15, 0.2) is 5.78 Å². The zero-order chi connectivity index (χ0) is 15.9. The molecule has 0 radical (unpaired) electrons. The summed E-state index contributed by atoms with van der Waals surface area (Å²) in [5, 5.41) is 2.45. The van der Waals surface area contributed by atoms with Gasteiger partial charge in [-0.25, -0.2) is 4.39 Å². The molecular weight excluding hydrogens is 285 g/mol. The third kappa shape index (κ3) is 4.15. The molecule has 0 aliphatic carbocycles. The van der Waals surface area contributed by atoms with Crippen LogP contribution in [-0.2, 0) is 4.79 Å². The average Bonchev–Trinajstić information content (AvgIpc) is 2.55. The van der Waals surface area contributed by atoms with Crippen LogP contribution in [0.25, 0.3) is 0 Å². The van der Waals surface area contributed by atoms with Crippen molar-refractivity contribution in [3.8, 4) is 5.75 Å². The Hall–Kier alpha value is -2.69. The monoisotopic (exact) mass is 301 g/mol. The minimum absolute atomic E-state index is 0.000797. The molecule has 0 saturated carbocycles. The lowest BCUT2D eigenvalue weighted by molar-refractivity contribution is -0.116. The van der Waals surface area contributed by atoms with Gasteiger partial charge in [-0.3, -0.25) is 9.59 Å². The van der Waals surface area contributed by atoms with Crippen LogP contribution in [0, 0.1) is 5.82 Å². The van der Waals surface area contributed by atoms with Gasteiger partial charge in [0.25, 0.3) is 0 Å². The third-order valence-corrected chi connectivity index (χ3v) is 3.14. The van der Waals surface area contributed by atoms with Gasteiger partial charge in [-0.1, -0.05) is 12.1 Å². The summed E-state index contributed by atoms with van der Waals surface area (Å²) in [6.45, 7) is 0. The van der Waals surface area contributed by atoms with Crippen LogP contribution < -0.4 is 10.1 Å². The lowest BCUT2D eigenvalue weighted by Gasteiger charge is -2.06. The van der Waals surface area contributed by atoms with Crippen molar-refractivity contribution < 1.29 is 18.7 Å². The highest BCUT2D eigenvalue weighted by molar-refractivity contribution is 6.00. The topological polar surface area (TPSA) is 55.4 Å². The van der Waals surface area contributed by atoms with Crippen molar-refractivity contribution in [3.63, 3.8) is 0 Å². The Labute approximate surface area is 127 Å². The van der Waals surface area contributed by atoms with Gasteiger partial charge in [0, 0.05) is 18.4 Å². The SMILES string of the molecule is COc1ccc(C(=O)CCC(=O)Nc2ccccc2F)cc1. The van der Waals surface area contributed by atoms with E-state index in [2.05, 4.69) is 5.32 Å². The molecule has 22 heavy (non-hydrogen) atoms. The molecule has 2 aromatic rings. The number of ketones is 1. The molecular formula is C17H16FNO3.